The van der Waals surface area contributed by atoms with Crippen molar-refractivity contribution in [2.75, 3.05) is 0 Å². The molecule has 2 aromatic heterocycles. The third kappa shape index (κ3) is 2.61. The molecule has 0 fully saturated rings. The maximum Gasteiger partial charge on any atom is 0.106 e. The zero-order chi connectivity index (χ0) is 18.4. The van der Waals surface area contributed by atoms with Crippen molar-refractivity contribution in [3.63, 3.8) is 0 Å². The molecule has 0 spiro atoms. The largest absolute Gasteiger partial charge is 0.389 e. The van der Waals surface area contributed by atoms with Gasteiger partial charge in [-0.3, -0.25) is 0 Å². The standard InChI is InChI=1S/C23H21N3O/c1-16-24-20-10-4-7-13-23(20)25(16)14-17(27)15-26-21-11-5-2-8-18(21)19-9-3-6-12-22(19)26/h2-13,17,27H,14-15H2,1H3/t17-/m1/s1. The lowest BCUT2D eigenvalue weighted by Crippen LogP contribution is -2.22. The van der Waals surface area contributed by atoms with E-state index in [4.69, 9.17) is 0 Å². The van der Waals surface area contributed by atoms with Crippen LogP contribution >= 0.6 is 0 Å². The van der Waals surface area contributed by atoms with Crippen molar-refractivity contribution in [2.24, 2.45) is 0 Å². The number of nitrogens with zero attached hydrogens (tertiary/aromatic N) is 3. The monoisotopic (exact) mass is 355 g/mol. The molecule has 4 nitrogen and oxygen atoms in total. The zero-order valence-corrected chi connectivity index (χ0v) is 15.2. The van der Waals surface area contributed by atoms with Gasteiger partial charge in [0.25, 0.3) is 0 Å². The summed E-state index contributed by atoms with van der Waals surface area (Å²) in [5.74, 6) is 0.928. The second-order valence-electron chi connectivity index (χ2n) is 7.06. The molecule has 3 aromatic carbocycles. The van der Waals surface area contributed by atoms with Crippen LogP contribution in [0, 0.1) is 6.92 Å². The molecule has 0 aliphatic carbocycles. The molecule has 0 aliphatic heterocycles. The van der Waals surface area contributed by atoms with Gasteiger partial charge in [-0.15, -0.1) is 0 Å². The minimum Gasteiger partial charge on any atom is -0.389 e. The van der Waals surface area contributed by atoms with Crippen molar-refractivity contribution < 1.29 is 5.11 Å². The number of para-hydroxylation sites is 4. The molecule has 0 saturated carbocycles. The first-order chi connectivity index (χ1) is 13.2. The van der Waals surface area contributed by atoms with Gasteiger partial charge in [0, 0.05) is 21.8 Å². The van der Waals surface area contributed by atoms with E-state index in [0.717, 1.165) is 27.9 Å². The second kappa shape index (κ2) is 6.25. The van der Waals surface area contributed by atoms with Crippen molar-refractivity contribution in [1.29, 1.82) is 0 Å². The minimum atomic E-state index is -0.513. The lowest BCUT2D eigenvalue weighted by Gasteiger charge is -2.16. The van der Waals surface area contributed by atoms with E-state index >= 15 is 0 Å². The van der Waals surface area contributed by atoms with Crippen LogP contribution in [0.5, 0.6) is 0 Å². The Morgan fingerprint density at radius 1 is 0.741 bits per heavy atom. The van der Waals surface area contributed by atoms with E-state index < -0.39 is 6.10 Å². The molecule has 0 unspecified atom stereocenters. The molecule has 4 heteroatoms. The van der Waals surface area contributed by atoms with E-state index in [2.05, 4.69) is 68.7 Å². The van der Waals surface area contributed by atoms with Gasteiger partial charge in [0.15, 0.2) is 0 Å². The Morgan fingerprint density at radius 2 is 1.26 bits per heavy atom. The molecule has 0 radical (unpaired) electrons. The summed E-state index contributed by atoms with van der Waals surface area (Å²) in [5, 5.41) is 13.4. The number of fused-ring (bicyclic) bond motifs is 4. The van der Waals surface area contributed by atoms with Gasteiger partial charge in [0.05, 0.1) is 30.2 Å². The number of aryl methyl sites for hydroxylation is 1. The maximum absolute atomic E-state index is 10.9. The van der Waals surface area contributed by atoms with Gasteiger partial charge in [-0.1, -0.05) is 48.5 Å². The lowest BCUT2D eigenvalue weighted by molar-refractivity contribution is 0.137. The Kier molecular flexibility index (Phi) is 3.73. The van der Waals surface area contributed by atoms with Crippen molar-refractivity contribution in [1.82, 2.24) is 14.1 Å². The molecule has 0 amide bonds. The van der Waals surface area contributed by atoms with Gasteiger partial charge in [-0.2, -0.15) is 0 Å². The third-order valence-electron chi connectivity index (χ3n) is 5.31. The highest BCUT2D eigenvalue weighted by atomic mass is 16.3. The number of hydrogen-bond acceptors (Lipinski definition) is 2. The molecule has 0 saturated heterocycles. The van der Waals surface area contributed by atoms with E-state index in [1.165, 1.54) is 10.8 Å². The fourth-order valence-corrected chi connectivity index (χ4v) is 4.11. The average Bonchev–Trinajstić information content (AvgIpc) is 3.18. The Hall–Kier alpha value is -3.11. The summed E-state index contributed by atoms with van der Waals surface area (Å²) in [7, 11) is 0. The van der Waals surface area contributed by atoms with Crippen LogP contribution < -0.4 is 0 Å². The van der Waals surface area contributed by atoms with Crippen LogP contribution in [0.2, 0.25) is 0 Å². The lowest BCUT2D eigenvalue weighted by atomic mass is 10.2. The van der Waals surface area contributed by atoms with E-state index in [1.807, 2.05) is 25.1 Å². The first-order valence-corrected chi connectivity index (χ1v) is 9.28. The van der Waals surface area contributed by atoms with Crippen LogP contribution in [0.3, 0.4) is 0 Å². The summed E-state index contributed by atoms with van der Waals surface area (Å²) >= 11 is 0. The predicted octanol–water partition coefficient (Wildman–Crippen LogP) is 4.51. The quantitative estimate of drug-likeness (QED) is 0.515. The molecule has 1 atom stereocenters. The smallest absolute Gasteiger partial charge is 0.106 e. The number of hydrogen-bond donors (Lipinski definition) is 1. The summed E-state index contributed by atoms with van der Waals surface area (Å²) < 4.78 is 4.33. The zero-order valence-electron chi connectivity index (χ0n) is 15.2. The number of rotatable bonds is 4. The van der Waals surface area contributed by atoms with E-state index in [1.54, 1.807) is 0 Å². The van der Waals surface area contributed by atoms with Crippen LogP contribution in [-0.4, -0.2) is 25.3 Å². The fraction of sp³-hybridized carbons (Fsp3) is 0.174. The molecule has 1 N–H and O–H groups in total. The van der Waals surface area contributed by atoms with Crippen molar-refractivity contribution >= 4 is 32.8 Å². The van der Waals surface area contributed by atoms with Crippen LogP contribution in [0.25, 0.3) is 32.8 Å². The van der Waals surface area contributed by atoms with Crippen molar-refractivity contribution in [3.05, 3.63) is 78.6 Å². The summed E-state index contributed by atoms with van der Waals surface area (Å²) in [6.07, 6.45) is -0.513. The first-order valence-electron chi connectivity index (χ1n) is 9.28. The van der Waals surface area contributed by atoms with E-state index in [9.17, 15) is 5.11 Å². The molecular weight excluding hydrogens is 334 g/mol. The number of aliphatic hydroxyl groups is 1. The van der Waals surface area contributed by atoms with E-state index in [0.29, 0.717) is 13.1 Å². The third-order valence-corrected chi connectivity index (χ3v) is 5.31. The number of aromatic nitrogens is 3. The highest BCUT2D eigenvalue weighted by molar-refractivity contribution is 6.07. The highest BCUT2D eigenvalue weighted by Crippen LogP contribution is 2.29. The number of benzene rings is 3. The van der Waals surface area contributed by atoms with Gasteiger partial charge in [-0.05, 0) is 31.2 Å². The van der Waals surface area contributed by atoms with Gasteiger partial charge in [-0.25, -0.2) is 4.98 Å². The van der Waals surface area contributed by atoms with Crippen LogP contribution in [-0.2, 0) is 13.1 Å². The number of aliphatic hydroxyl groups excluding tert-OH is 1. The molecule has 134 valence electrons. The predicted molar refractivity (Wildman–Crippen MR) is 110 cm³/mol. The molecule has 5 aromatic rings. The Morgan fingerprint density at radius 3 is 1.93 bits per heavy atom. The van der Waals surface area contributed by atoms with Gasteiger partial charge in [0.1, 0.15) is 5.82 Å². The summed E-state index contributed by atoms with van der Waals surface area (Å²) in [4.78, 5) is 4.61. The maximum atomic E-state index is 10.9. The fourth-order valence-electron chi connectivity index (χ4n) is 4.11. The molecular formula is C23H21N3O. The van der Waals surface area contributed by atoms with E-state index in [-0.39, 0.29) is 0 Å². The first kappa shape index (κ1) is 16.1. The number of imidazole rings is 1. The highest BCUT2D eigenvalue weighted by Gasteiger charge is 2.15. The SMILES string of the molecule is Cc1nc2ccccc2n1C[C@@H](O)Cn1c2ccccc2c2ccccc21. The summed E-state index contributed by atoms with van der Waals surface area (Å²) in [5.41, 5.74) is 4.35. The van der Waals surface area contributed by atoms with Crippen LogP contribution in [0.15, 0.2) is 72.8 Å². The molecule has 0 bridgehead atoms. The molecule has 0 aliphatic rings. The normalized spacial score (nSPS) is 13.0. The van der Waals surface area contributed by atoms with Crippen LogP contribution in [0.4, 0.5) is 0 Å². The minimum absolute atomic E-state index is 0.513. The summed E-state index contributed by atoms with van der Waals surface area (Å²) in [6, 6.07) is 24.9. The summed E-state index contributed by atoms with van der Waals surface area (Å²) in [6.45, 7) is 3.06. The Balaban J connectivity index is 1.54. The van der Waals surface area contributed by atoms with Gasteiger partial charge >= 0.3 is 0 Å². The molecule has 27 heavy (non-hydrogen) atoms. The van der Waals surface area contributed by atoms with Crippen LogP contribution in [0.1, 0.15) is 5.82 Å². The second-order valence-corrected chi connectivity index (χ2v) is 7.06. The topological polar surface area (TPSA) is 43.0 Å². The van der Waals surface area contributed by atoms with Crippen molar-refractivity contribution in [3.8, 4) is 0 Å². The Bertz CT molecular complexity index is 1210. The molecule has 2 heterocycles. The molecule has 5 rings (SSSR count). The van der Waals surface area contributed by atoms with Gasteiger partial charge in [0.2, 0.25) is 0 Å². The van der Waals surface area contributed by atoms with Crippen molar-refractivity contribution in [2.45, 2.75) is 26.1 Å². The van der Waals surface area contributed by atoms with Gasteiger partial charge < -0.3 is 14.2 Å². The Labute approximate surface area is 157 Å². The average molecular weight is 355 g/mol.